The van der Waals surface area contributed by atoms with Gasteiger partial charge in [0.1, 0.15) is 6.04 Å². The summed E-state index contributed by atoms with van der Waals surface area (Å²) in [5.41, 5.74) is 0. The quantitative estimate of drug-likeness (QED) is 0.552. The maximum absolute atomic E-state index is 12.3. The fourth-order valence-corrected chi connectivity index (χ4v) is 3.17. The highest BCUT2D eigenvalue weighted by molar-refractivity contribution is 7.89. The molecule has 1 rings (SSSR count). The molecule has 0 spiro atoms. The largest absolute Gasteiger partial charge is 0.454 e. The molecule has 0 radical (unpaired) electrons. The Morgan fingerprint density at radius 1 is 1.20 bits per heavy atom. The zero-order chi connectivity index (χ0) is 19.2. The van der Waals surface area contributed by atoms with Crippen LogP contribution in [0.3, 0.4) is 0 Å². The van der Waals surface area contributed by atoms with Crippen molar-refractivity contribution in [1.29, 1.82) is 0 Å². The van der Waals surface area contributed by atoms with Crippen LogP contribution in [0.2, 0.25) is 5.02 Å². The molecular formula is C15H21ClN2O6S. The monoisotopic (exact) mass is 392 g/mol. The average Bonchev–Trinajstić information content (AvgIpc) is 2.50. The van der Waals surface area contributed by atoms with E-state index in [4.69, 9.17) is 16.3 Å². The third-order valence-corrected chi connectivity index (χ3v) is 4.65. The summed E-state index contributed by atoms with van der Waals surface area (Å²) in [5.74, 6) is -1.60. The number of esters is 1. The van der Waals surface area contributed by atoms with E-state index in [2.05, 4.69) is 10.0 Å². The second-order valence-electron chi connectivity index (χ2n) is 5.62. The number of benzene rings is 1. The van der Waals surface area contributed by atoms with Crippen LogP contribution in [0.25, 0.3) is 0 Å². The van der Waals surface area contributed by atoms with Crippen LogP contribution in [-0.2, 0) is 24.3 Å². The van der Waals surface area contributed by atoms with Gasteiger partial charge in [-0.1, -0.05) is 11.6 Å². The minimum atomic E-state index is -4.09. The predicted molar refractivity (Wildman–Crippen MR) is 91.5 cm³/mol. The van der Waals surface area contributed by atoms with Gasteiger partial charge in [0, 0.05) is 11.1 Å². The van der Waals surface area contributed by atoms with E-state index >= 15 is 0 Å². The predicted octanol–water partition coefficient (Wildman–Crippen LogP) is 0.435. The molecule has 0 heterocycles. The fourth-order valence-electron chi connectivity index (χ4n) is 1.78. The highest BCUT2D eigenvalue weighted by Crippen LogP contribution is 2.15. The molecule has 0 fully saturated rings. The standard InChI is InChI=1S/C15H21ClN2O6S/c1-9(2)17-13(20)8-24-15(21)14(10(3)19)18-25(22,23)12-6-4-11(16)5-7-12/h4-7,9-10,14,18-19H,8H2,1-3H3,(H,17,20)/t10-,14-/m0/s1. The lowest BCUT2D eigenvalue weighted by Crippen LogP contribution is -2.49. The van der Waals surface area contributed by atoms with Crippen LogP contribution >= 0.6 is 11.6 Å². The molecule has 10 heteroatoms. The van der Waals surface area contributed by atoms with E-state index in [-0.39, 0.29) is 10.9 Å². The summed E-state index contributed by atoms with van der Waals surface area (Å²) < 4.78 is 31.4. The van der Waals surface area contributed by atoms with Crippen molar-refractivity contribution in [3.63, 3.8) is 0 Å². The first-order chi connectivity index (χ1) is 11.5. The van der Waals surface area contributed by atoms with Gasteiger partial charge in [-0.05, 0) is 45.0 Å². The van der Waals surface area contributed by atoms with Crippen LogP contribution in [0.15, 0.2) is 29.2 Å². The molecule has 0 aliphatic heterocycles. The maximum atomic E-state index is 12.3. The van der Waals surface area contributed by atoms with Gasteiger partial charge >= 0.3 is 5.97 Å². The summed E-state index contributed by atoms with van der Waals surface area (Å²) >= 11 is 5.71. The van der Waals surface area contributed by atoms with Crippen LogP contribution in [0.5, 0.6) is 0 Å². The maximum Gasteiger partial charge on any atom is 0.327 e. The molecule has 140 valence electrons. The molecule has 1 aromatic rings. The molecule has 0 saturated carbocycles. The first kappa shape index (κ1) is 21.4. The number of aliphatic hydroxyl groups excluding tert-OH is 1. The van der Waals surface area contributed by atoms with E-state index in [1.807, 2.05) is 0 Å². The Hall–Kier alpha value is -1.68. The van der Waals surface area contributed by atoms with Gasteiger partial charge in [-0.2, -0.15) is 4.72 Å². The average molecular weight is 393 g/mol. The summed E-state index contributed by atoms with van der Waals surface area (Å²) in [6, 6.07) is 3.57. The Morgan fingerprint density at radius 2 is 1.76 bits per heavy atom. The number of rotatable bonds is 8. The van der Waals surface area contributed by atoms with Crippen molar-refractivity contribution in [3.05, 3.63) is 29.3 Å². The third kappa shape index (κ3) is 6.99. The number of hydrogen-bond acceptors (Lipinski definition) is 6. The molecule has 1 aromatic carbocycles. The van der Waals surface area contributed by atoms with Crippen molar-refractivity contribution >= 4 is 33.5 Å². The molecule has 2 atom stereocenters. The number of halogens is 1. The van der Waals surface area contributed by atoms with Crippen molar-refractivity contribution in [2.45, 2.75) is 43.9 Å². The summed E-state index contributed by atoms with van der Waals surface area (Å²) in [6.45, 7) is 4.12. The van der Waals surface area contributed by atoms with Gasteiger partial charge in [0.2, 0.25) is 10.0 Å². The Bertz CT molecular complexity index is 703. The normalized spacial score (nSPS) is 14.0. The number of carbonyl (C=O) groups is 2. The number of hydrogen-bond donors (Lipinski definition) is 3. The SMILES string of the molecule is CC(C)NC(=O)COC(=O)[C@@H](NS(=O)(=O)c1ccc(Cl)cc1)[C@H](C)O. The Kier molecular flexibility index (Phi) is 7.81. The minimum Gasteiger partial charge on any atom is -0.454 e. The molecule has 0 saturated heterocycles. The Balaban J connectivity index is 2.80. The van der Waals surface area contributed by atoms with Crippen molar-refractivity contribution in [1.82, 2.24) is 10.0 Å². The van der Waals surface area contributed by atoms with E-state index in [9.17, 15) is 23.1 Å². The summed E-state index contributed by atoms with van der Waals surface area (Å²) in [7, 11) is -4.09. The van der Waals surface area contributed by atoms with Crippen molar-refractivity contribution < 1.29 is 27.9 Å². The molecule has 0 bridgehead atoms. The van der Waals surface area contributed by atoms with E-state index in [0.717, 1.165) is 0 Å². The fraction of sp³-hybridized carbons (Fsp3) is 0.467. The molecule has 0 unspecified atom stereocenters. The van der Waals surface area contributed by atoms with E-state index in [1.165, 1.54) is 31.2 Å². The van der Waals surface area contributed by atoms with Gasteiger partial charge in [0.15, 0.2) is 6.61 Å². The minimum absolute atomic E-state index is 0.132. The number of aliphatic hydroxyl groups is 1. The molecular weight excluding hydrogens is 372 g/mol. The van der Waals surface area contributed by atoms with Crippen molar-refractivity contribution in [2.24, 2.45) is 0 Å². The first-order valence-corrected chi connectivity index (χ1v) is 9.31. The first-order valence-electron chi connectivity index (χ1n) is 7.45. The lowest BCUT2D eigenvalue weighted by molar-refractivity contribution is -0.152. The second-order valence-corrected chi connectivity index (χ2v) is 7.77. The number of carbonyl (C=O) groups excluding carboxylic acids is 2. The Labute approximate surface area is 151 Å². The highest BCUT2D eigenvalue weighted by atomic mass is 35.5. The van der Waals surface area contributed by atoms with Crippen LogP contribution in [0, 0.1) is 0 Å². The van der Waals surface area contributed by atoms with Crippen LogP contribution in [0.1, 0.15) is 20.8 Å². The molecule has 8 nitrogen and oxygen atoms in total. The van der Waals surface area contributed by atoms with Gasteiger partial charge in [0.25, 0.3) is 5.91 Å². The lowest BCUT2D eigenvalue weighted by atomic mass is 10.2. The summed E-state index contributed by atoms with van der Waals surface area (Å²) in [4.78, 5) is 23.4. The third-order valence-electron chi connectivity index (χ3n) is 2.94. The molecule has 0 aromatic heterocycles. The van der Waals surface area contributed by atoms with Crippen LogP contribution in [0.4, 0.5) is 0 Å². The molecule has 25 heavy (non-hydrogen) atoms. The van der Waals surface area contributed by atoms with Gasteiger partial charge in [-0.25, -0.2) is 8.42 Å². The molecule has 3 N–H and O–H groups in total. The Morgan fingerprint density at radius 3 is 2.24 bits per heavy atom. The van der Waals surface area contributed by atoms with Gasteiger partial charge in [0.05, 0.1) is 11.0 Å². The van der Waals surface area contributed by atoms with Crippen molar-refractivity contribution in [3.8, 4) is 0 Å². The highest BCUT2D eigenvalue weighted by Gasteiger charge is 2.31. The van der Waals surface area contributed by atoms with Crippen molar-refractivity contribution in [2.75, 3.05) is 6.61 Å². The van der Waals surface area contributed by atoms with Gasteiger partial charge < -0.3 is 15.2 Å². The van der Waals surface area contributed by atoms with Gasteiger partial charge in [-0.15, -0.1) is 0 Å². The molecule has 0 aliphatic carbocycles. The molecule has 0 aliphatic rings. The van der Waals surface area contributed by atoms with E-state index in [0.29, 0.717) is 5.02 Å². The van der Waals surface area contributed by atoms with E-state index < -0.39 is 40.7 Å². The number of nitrogens with one attached hydrogen (secondary N) is 2. The van der Waals surface area contributed by atoms with Crippen LogP contribution in [-0.4, -0.2) is 50.2 Å². The summed E-state index contributed by atoms with van der Waals surface area (Å²) in [5, 5.41) is 12.6. The van der Waals surface area contributed by atoms with Crippen LogP contribution < -0.4 is 10.0 Å². The lowest BCUT2D eigenvalue weighted by Gasteiger charge is -2.20. The smallest absolute Gasteiger partial charge is 0.327 e. The zero-order valence-corrected chi connectivity index (χ0v) is 15.6. The second kappa shape index (κ2) is 9.14. The topological polar surface area (TPSA) is 122 Å². The summed E-state index contributed by atoms with van der Waals surface area (Å²) in [6.07, 6.45) is -1.37. The number of amides is 1. The zero-order valence-electron chi connectivity index (χ0n) is 14.0. The number of sulfonamides is 1. The van der Waals surface area contributed by atoms with Gasteiger partial charge in [-0.3, -0.25) is 9.59 Å². The number of ether oxygens (including phenoxy) is 1. The van der Waals surface area contributed by atoms with E-state index in [1.54, 1.807) is 13.8 Å². The molecule has 1 amide bonds.